The highest BCUT2D eigenvalue weighted by Crippen LogP contribution is 2.42. The predicted octanol–water partition coefficient (Wildman–Crippen LogP) is 6.29. The van der Waals surface area contributed by atoms with Gasteiger partial charge in [0.05, 0.1) is 12.8 Å². The van der Waals surface area contributed by atoms with Crippen molar-refractivity contribution >= 4 is 20.0 Å². The first-order valence-corrected chi connectivity index (χ1v) is 8.90. The topological polar surface area (TPSA) is 18.5 Å². The molecule has 0 saturated carbocycles. The van der Waals surface area contributed by atoms with Gasteiger partial charge in [-0.15, -0.1) is 0 Å². The van der Waals surface area contributed by atoms with Crippen molar-refractivity contribution in [2.45, 2.75) is 26.9 Å². The van der Waals surface area contributed by atoms with Gasteiger partial charge < -0.3 is 9.05 Å². The molecule has 0 spiro atoms. The van der Waals surface area contributed by atoms with Gasteiger partial charge in [-0.3, -0.25) is 0 Å². The number of hydrogen-bond acceptors (Lipinski definition) is 2. The summed E-state index contributed by atoms with van der Waals surface area (Å²) in [7, 11) is -0.966. The maximum Gasteiger partial charge on any atom is 0.234 e. The maximum absolute atomic E-state index is 5.90. The van der Waals surface area contributed by atoms with Crippen LogP contribution in [0.3, 0.4) is 0 Å². The summed E-state index contributed by atoms with van der Waals surface area (Å²) in [6.45, 7) is 6.62. The molecule has 0 amide bonds. The smallest absolute Gasteiger partial charge is 0.234 e. The Kier molecular flexibility index (Phi) is 9.09. The zero-order valence-electron chi connectivity index (χ0n) is 12.8. The summed E-state index contributed by atoms with van der Waals surface area (Å²) in [6.07, 6.45) is 0.759. The van der Waals surface area contributed by atoms with Gasteiger partial charge in [-0.2, -0.15) is 0 Å². The van der Waals surface area contributed by atoms with Crippen LogP contribution in [0.4, 0.5) is 0 Å². The lowest BCUT2D eigenvalue weighted by Crippen LogP contribution is -1.96. The molecule has 0 N–H and O–H groups in total. The van der Waals surface area contributed by atoms with Crippen LogP contribution in [0, 0.1) is 0 Å². The molecule has 21 heavy (non-hydrogen) atoms. The highest BCUT2D eigenvalue weighted by Gasteiger charge is 2.13. The molecule has 4 heteroatoms. The summed E-state index contributed by atoms with van der Waals surface area (Å²) < 4.78 is 11.6. The molecule has 2 rings (SSSR count). The Hall–Kier alpha value is -1.08. The van der Waals surface area contributed by atoms with Gasteiger partial charge in [0, 0.05) is 5.02 Å². The summed E-state index contributed by atoms with van der Waals surface area (Å²) in [5.41, 5.74) is 1.17. The van der Waals surface area contributed by atoms with E-state index in [4.69, 9.17) is 20.6 Å². The van der Waals surface area contributed by atoms with Crippen molar-refractivity contribution in [3.8, 4) is 5.75 Å². The van der Waals surface area contributed by atoms with Gasteiger partial charge in [0.1, 0.15) is 5.75 Å². The molecular weight excluding hydrogens is 303 g/mol. The molecule has 0 fully saturated rings. The molecule has 0 radical (unpaired) electrons. The van der Waals surface area contributed by atoms with Gasteiger partial charge in [0.2, 0.25) is 8.38 Å². The lowest BCUT2D eigenvalue weighted by atomic mass is 10.2. The zero-order valence-corrected chi connectivity index (χ0v) is 14.4. The molecule has 0 bridgehead atoms. The molecular formula is C17H22ClO2P. The fourth-order valence-corrected chi connectivity index (χ4v) is 3.07. The van der Waals surface area contributed by atoms with Crippen molar-refractivity contribution < 1.29 is 9.05 Å². The minimum absolute atomic E-state index is 0.645. The summed E-state index contributed by atoms with van der Waals surface area (Å²) in [6, 6.07) is 17.5. The van der Waals surface area contributed by atoms with Gasteiger partial charge in [-0.05, 0) is 36.8 Å². The van der Waals surface area contributed by atoms with Crippen LogP contribution in [0.2, 0.25) is 5.02 Å². The van der Waals surface area contributed by atoms with Crippen LogP contribution < -0.4 is 4.52 Å². The first-order chi connectivity index (χ1) is 10.3. The minimum Gasteiger partial charge on any atom is -0.447 e. The monoisotopic (exact) mass is 324 g/mol. The Labute approximate surface area is 134 Å². The number of halogens is 1. The third kappa shape index (κ3) is 6.95. The lowest BCUT2D eigenvalue weighted by Gasteiger charge is -2.17. The lowest BCUT2D eigenvalue weighted by molar-refractivity contribution is 0.333. The maximum atomic E-state index is 5.90. The quantitative estimate of drug-likeness (QED) is 0.581. The van der Waals surface area contributed by atoms with Crippen molar-refractivity contribution in [1.82, 2.24) is 0 Å². The predicted molar refractivity (Wildman–Crippen MR) is 92.1 cm³/mol. The second-order valence-corrected chi connectivity index (χ2v) is 5.80. The van der Waals surface area contributed by atoms with Crippen LogP contribution in [-0.2, 0) is 10.7 Å². The molecule has 0 heterocycles. The second-order valence-electron chi connectivity index (χ2n) is 3.94. The molecule has 0 aliphatic heterocycles. The normalized spacial score (nSPS) is 11.2. The van der Waals surface area contributed by atoms with Crippen LogP contribution in [0.1, 0.15) is 26.3 Å². The largest absolute Gasteiger partial charge is 0.447 e. The van der Waals surface area contributed by atoms with E-state index in [0.29, 0.717) is 6.61 Å². The van der Waals surface area contributed by atoms with Gasteiger partial charge in [-0.1, -0.05) is 55.8 Å². The third-order valence-electron chi connectivity index (χ3n) is 2.45. The van der Waals surface area contributed by atoms with Crippen LogP contribution in [0.25, 0.3) is 0 Å². The Morgan fingerprint density at radius 2 is 1.57 bits per heavy atom. The van der Waals surface area contributed by atoms with Gasteiger partial charge >= 0.3 is 0 Å². The van der Waals surface area contributed by atoms with Crippen LogP contribution in [0.5, 0.6) is 5.75 Å². The molecule has 114 valence electrons. The second kappa shape index (κ2) is 10.6. The van der Waals surface area contributed by atoms with Crippen molar-refractivity contribution in [1.29, 1.82) is 0 Å². The first-order valence-electron chi connectivity index (χ1n) is 7.16. The summed E-state index contributed by atoms with van der Waals surface area (Å²) in [4.78, 5) is 0. The Bertz CT molecular complexity index is 488. The minimum atomic E-state index is -0.966. The summed E-state index contributed by atoms with van der Waals surface area (Å²) >= 11 is 5.88. The average molecular weight is 325 g/mol. The van der Waals surface area contributed by atoms with Gasteiger partial charge in [0.25, 0.3) is 0 Å². The van der Waals surface area contributed by atoms with E-state index >= 15 is 0 Å². The van der Waals surface area contributed by atoms with Crippen molar-refractivity contribution in [3.63, 3.8) is 0 Å². The van der Waals surface area contributed by atoms with E-state index in [0.717, 1.165) is 16.9 Å². The van der Waals surface area contributed by atoms with E-state index in [9.17, 15) is 0 Å². The number of para-hydroxylation sites is 1. The van der Waals surface area contributed by atoms with E-state index in [-0.39, 0.29) is 0 Å². The van der Waals surface area contributed by atoms with Crippen molar-refractivity contribution in [2.24, 2.45) is 0 Å². The zero-order chi connectivity index (χ0) is 15.5. The standard InChI is InChI=1S/C15H16ClO2P.C2H6/c1-2-17-19(18-15-6-4-3-5-7-15)12-13-8-10-14(16)11-9-13;1-2/h3-11H,2,12H2,1H3;1-2H3. The highest BCUT2D eigenvalue weighted by molar-refractivity contribution is 7.46. The number of benzene rings is 2. The SMILES string of the molecule is CC.CCOP(Cc1ccc(Cl)cc1)Oc1ccccc1. The fraction of sp³-hybridized carbons (Fsp3) is 0.294. The van der Waals surface area contributed by atoms with E-state index in [1.807, 2.05) is 75.4 Å². The van der Waals surface area contributed by atoms with Crippen LogP contribution in [0.15, 0.2) is 54.6 Å². The van der Waals surface area contributed by atoms with E-state index in [2.05, 4.69) is 0 Å². The van der Waals surface area contributed by atoms with E-state index in [1.165, 1.54) is 5.56 Å². The molecule has 0 saturated heterocycles. The van der Waals surface area contributed by atoms with Crippen molar-refractivity contribution in [2.75, 3.05) is 6.61 Å². The van der Waals surface area contributed by atoms with E-state index in [1.54, 1.807) is 0 Å². The highest BCUT2D eigenvalue weighted by atomic mass is 35.5. The molecule has 2 nitrogen and oxygen atoms in total. The Morgan fingerprint density at radius 1 is 0.952 bits per heavy atom. The molecule has 1 unspecified atom stereocenters. The number of rotatable bonds is 6. The molecule has 1 atom stereocenters. The molecule has 2 aromatic carbocycles. The molecule has 2 aromatic rings. The van der Waals surface area contributed by atoms with Gasteiger partial charge in [-0.25, -0.2) is 0 Å². The Morgan fingerprint density at radius 3 is 2.14 bits per heavy atom. The molecule has 0 aliphatic rings. The van der Waals surface area contributed by atoms with Crippen LogP contribution in [-0.4, -0.2) is 6.61 Å². The summed E-state index contributed by atoms with van der Waals surface area (Å²) in [5.74, 6) is 0.844. The fourth-order valence-electron chi connectivity index (χ4n) is 1.59. The van der Waals surface area contributed by atoms with Gasteiger partial charge in [0.15, 0.2) is 0 Å². The third-order valence-corrected chi connectivity index (χ3v) is 4.28. The van der Waals surface area contributed by atoms with Crippen molar-refractivity contribution in [3.05, 3.63) is 65.2 Å². The average Bonchev–Trinajstić information content (AvgIpc) is 2.53. The number of hydrogen-bond donors (Lipinski definition) is 0. The van der Waals surface area contributed by atoms with E-state index < -0.39 is 8.38 Å². The van der Waals surface area contributed by atoms with Crippen LogP contribution >= 0.6 is 20.0 Å². The summed E-state index contributed by atoms with van der Waals surface area (Å²) in [5, 5.41) is 0.744. The molecule has 0 aliphatic carbocycles. The Balaban J connectivity index is 0.00000106. The first kappa shape index (κ1) is 18.0. The molecule has 0 aromatic heterocycles.